The normalized spacial score (nSPS) is 10.3. The Labute approximate surface area is 110 Å². The number of carbonyl (C=O) groups is 1. The highest BCUT2D eigenvalue weighted by Gasteiger charge is 2.22. The van der Waals surface area contributed by atoms with Crippen molar-refractivity contribution in [3.63, 3.8) is 0 Å². The first kappa shape index (κ1) is 13.6. The van der Waals surface area contributed by atoms with Gasteiger partial charge in [-0.25, -0.2) is 4.39 Å². The van der Waals surface area contributed by atoms with E-state index in [0.717, 1.165) is 0 Å². The van der Waals surface area contributed by atoms with Crippen LogP contribution >= 0.6 is 0 Å². The van der Waals surface area contributed by atoms with Crippen LogP contribution < -0.4 is 5.32 Å². The summed E-state index contributed by atoms with van der Waals surface area (Å²) in [4.78, 5) is 21.0. The summed E-state index contributed by atoms with van der Waals surface area (Å²) < 4.78 is 31.6. The fraction of sp³-hybridized carbons (Fsp3) is 0.0909. The van der Waals surface area contributed by atoms with Crippen LogP contribution in [0.5, 0.6) is 0 Å². The lowest BCUT2D eigenvalue weighted by Gasteiger charge is -2.03. The van der Waals surface area contributed by atoms with E-state index in [1.165, 1.54) is 6.07 Å². The van der Waals surface area contributed by atoms with Crippen molar-refractivity contribution in [2.75, 3.05) is 5.32 Å². The maximum absolute atomic E-state index is 13.6. The molecule has 1 N–H and O–H groups in total. The number of anilines is 1. The van der Waals surface area contributed by atoms with Gasteiger partial charge in [-0.1, -0.05) is 5.16 Å². The van der Waals surface area contributed by atoms with Gasteiger partial charge in [0, 0.05) is 6.07 Å². The molecule has 0 aliphatic carbocycles. The predicted octanol–water partition coefficient (Wildman–Crippen LogP) is 2.42. The summed E-state index contributed by atoms with van der Waals surface area (Å²) >= 11 is 0. The molecule has 2 rings (SSSR count). The van der Waals surface area contributed by atoms with Crippen LogP contribution in [0.15, 0.2) is 22.7 Å². The number of aromatic nitrogens is 1. The van der Waals surface area contributed by atoms with Gasteiger partial charge in [-0.05, 0) is 13.0 Å². The minimum atomic E-state index is -1.31. The molecule has 2 aromatic rings. The molecule has 0 bridgehead atoms. The number of hydrogen-bond donors (Lipinski definition) is 1. The SMILES string of the molecule is Cc1cc(NC(=O)c2cc(F)c([N+](=O)[O-])cc2F)on1. The van der Waals surface area contributed by atoms with Crippen molar-refractivity contribution in [2.24, 2.45) is 0 Å². The number of nitro groups is 1. The zero-order valence-corrected chi connectivity index (χ0v) is 10.0. The third-order valence-corrected chi connectivity index (χ3v) is 2.34. The van der Waals surface area contributed by atoms with Gasteiger partial charge in [0.15, 0.2) is 0 Å². The number of rotatable bonds is 3. The summed E-state index contributed by atoms with van der Waals surface area (Å²) in [6.45, 7) is 1.60. The first-order chi connectivity index (χ1) is 9.38. The van der Waals surface area contributed by atoms with Crippen molar-refractivity contribution in [1.29, 1.82) is 0 Å². The fourth-order valence-corrected chi connectivity index (χ4v) is 1.45. The van der Waals surface area contributed by atoms with E-state index in [2.05, 4.69) is 15.0 Å². The molecule has 0 saturated carbocycles. The van der Waals surface area contributed by atoms with Gasteiger partial charge >= 0.3 is 5.69 Å². The molecular formula is C11H7F2N3O4. The number of halogens is 2. The smallest absolute Gasteiger partial charge is 0.307 e. The molecule has 0 radical (unpaired) electrons. The van der Waals surface area contributed by atoms with Crippen molar-refractivity contribution in [3.8, 4) is 0 Å². The second-order valence-electron chi connectivity index (χ2n) is 3.83. The number of aryl methyl sites for hydroxylation is 1. The quantitative estimate of drug-likeness (QED) is 0.689. The summed E-state index contributed by atoms with van der Waals surface area (Å²) in [5.41, 5.74) is -1.24. The molecule has 104 valence electrons. The number of nitro benzene ring substituents is 1. The predicted molar refractivity (Wildman–Crippen MR) is 62.2 cm³/mol. The minimum absolute atomic E-state index is 0.0503. The number of nitrogens with one attached hydrogen (secondary N) is 1. The number of amides is 1. The second kappa shape index (κ2) is 5.03. The Balaban J connectivity index is 2.30. The van der Waals surface area contributed by atoms with E-state index in [4.69, 9.17) is 0 Å². The third kappa shape index (κ3) is 2.60. The molecule has 0 spiro atoms. The summed E-state index contributed by atoms with van der Waals surface area (Å²) in [5.74, 6) is -3.58. The Kier molecular flexibility index (Phi) is 3.42. The Hall–Kier alpha value is -2.84. The third-order valence-electron chi connectivity index (χ3n) is 2.34. The molecule has 0 unspecified atom stereocenters. The van der Waals surface area contributed by atoms with Crippen LogP contribution in [0.2, 0.25) is 0 Å². The average Bonchev–Trinajstić information content (AvgIpc) is 2.76. The zero-order chi connectivity index (χ0) is 14.9. The standard InChI is InChI=1S/C11H7F2N3O4/c1-5-2-10(20-15-5)14-11(17)6-3-8(13)9(16(18)19)4-7(6)12/h2-4H,1H3,(H,14,17). The summed E-state index contributed by atoms with van der Waals surface area (Å²) in [6.07, 6.45) is 0. The lowest BCUT2D eigenvalue weighted by atomic mass is 10.1. The molecular weight excluding hydrogens is 276 g/mol. The van der Waals surface area contributed by atoms with Crippen LogP contribution in [0.4, 0.5) is 20.4 Å². The molecule has 0 aliphatic rings. The van der Waals surface area contributed by atoms with Crippen LogP contribution in [0.1, 0.15) is 16.1 Å². The highest BCUT2D eigenvalue weighted by molar-refractivity contribution is 6.03. The Morgan fingerprint density at radius 2 is 2.05 bits per heavy atom. The van der Waals surface area contributed by atoms with Crippen molar-refractivity contribution < 1.29 is 23.0 Å². The molecule has 1 amide bonds. The molecule has 7 nitrogen and oxygen atoms in total. The topological polar surface area (TPSA) is 98.3 Å². The van der Waals surface area contributed by atoms with E-state index in [0.29, 0.717) is 17.8 Å². The molecule has 1 aromatic heterocycles. The van der Waals surface area contributed by atoms with Crippen LogP contribution in [-0.2, 0) is 0 Å². The Morgan fingerprint density at radius 1 is 1.35 bits per heavy atom. The molecule has 1 aromatic carbocycles. The average molecular weight is 283 g/mol. The Bertz CT molecular complexity index is 699. The van der Waals surface area contributed by atoms with Gasteiger partial charge < -0.3 is 4.52 Å². The molecule has 0 aliphatic heterocycles. The number of hydrogen-bond acceptors (Lipinski definition) is 5. The van der Waals surface area contributed by atoms with Crippen molar-refractivity contribution in [1.82, 2.24) is 5.16 Å². The highest BCUT2D eigenvalue weighted by Crippen LogP contribution is 2.22. The summed E-state index contributed by atoms with van der Waals surface area (Å²) in [6, 6.07) is 2.17. The molecule has 20 heavy (non-hydrogen) atoms. The molecule has 0 fully saturated rings. The van der Waals surface area contributed by atoms with Gasteiger partial charge in [0.05, 0.1) is 22.2 Å². The molecule has 9 heteroatoms. The van der Waals surface area contributed by atoms with Crippen LogP contribution in [0.3, 0.4) is 0 Å². The van der Waals surface area contributed by atoms with Crippen LogP contribution in [0, 0.1) is 28.7 Å². The zero-order valence-electron chi connectivity index (χ0n) is 10.0. The van der Waals surface area contributed by atoms with Crippen molar-refractivity contribution in [3.05, 3.63) is 51.2 Å². The van der Waals surface area contributed by atoms with E-state index in [1.807, 2.05) is 0 Å². The summed E-state index contributed by atoms with van der Waals surface area (Å²) in [5, 5.41) is 16.1. The van der Waals surface area contributed by atoms with E-state index in [1.54, 1.807) is 6.92 Å². The highest BCUT2D eigenvalue weighted by atomic mass is 19.1. The first-order valence-electron chi connectivity index (χ1n) is 5.26. The monoisotopic (exact) mass is 283 g/mol. The first-order valence-corrected chi connectivity index (χ1v) is 5.26. The van der Waals surface area contributed by atoms with Gasteiger partial charge in [-0.15, -0.1) is 0 Å². The van der Waals surface area contributed by atoms with E-state index in [-0.39, 0.29) is 5.88 Å². The lowest BCUT2D eigenvalue weighted by molar-refractivity contribution is -0.387. The van der Waals surface area contributed by atoms with Gasteiger partial charge in [-0.3, -0.25) is 20.2 Å². The molecule has 0 atom stereocenters. The van der Waals surface area contributed by atoms with Gasteiger partial charge in [-0.2, -0.15) is 4.39 Å². The van der Waals surface area contributed by atoms with Gasteiger partial charge in [0.2, 0.25) is 11.7 Å². The van der Waals surface area contributed by atoms with E-state index >= 15 is 0 Å². The van der Waals surface area contributed by atoms with Crippen LogP contribution in [-0.4, -0.2) is 16.0 Å². The number of nitrogens with zero attached hydrogens (tertiary/aromatic N) is 2. The number of carbonyl (C=O) groups excluding carboxylic acids is 1. The van der Waals surface area contributed by atoms with Gasteiger partial charge in [0.25, 0.3) is 5.91 Å². The maximum Gasteiger partial charge on any atom is 0.307 e. The lowest BCUT2D eigenvalue weighted by Crippen LogP contribution is -2.14. The van der Waals surface area contributed by atoms with Gasteiger partial charge in [0.1, 0.15) is 5.82 Å². The van der Waals surface area contributed by atoms with Crippen LogP contribution in [0.25, 0.3) is 0 Å². The number of benzene rings is 1. The minimum Gasteiger partial charge on any atom is -0.338 e. The largest absolute Gasteiger partial charge is 0.338 e. The van der Waals surface area contributed by atoms with E-state index < -0.39 is 33.7 Å². The van der Waals surface area contributed by atoms with Crippen molar-refractivity contribution in [2.45, 2.75) is 6.92 Å². The second-order valence-corrected chi connectivity index (χ2v) is 3.83. The fourth-order valence-electron chi connectivity index (χ4n) is 1.45. The summed E-state index contributed by atoms with van der Waals surface area (Å²) in [7, 11) is 0. The Morgan fingerprint density at radius 3 is 2.60 bits per heavy atom. The maximum atomic E-state index is 13.6. The van der Waals surface area contributed by atoms with E-state index in [9.17, 15) is 23.7 Å². The molecule has 0 saturated heterocycles. The molecule has 1 heterocycles. The van der Waals surface area contributed by atoms with Crippen molar-refractivity contribution >= 4 is 17.5 Å².